The van der Waals surface area contributed by atoms with E-state index in [9.17, 15) is 0 Å². The number of thioether (sulfide) groups is 1. The molecule has 1 saturated heterocycles. The topological polar surface area (TPSA) is 55.6 Å². The molecule has 6 heteroatoms. The maximum Gasteiger partial charge on any atom is 0.209 e. The van der Waals surface area contributed by atoms with E-state index in [2.05, 4.69) is 25.5 Å². The van der Waals surface area contributed by atoms with Gasteiger partial charge in [0, 0.05) is 11.8 Å². The van der Waals surface area contributed by atoms with Gasteiger partial charge in [0.15, 0.2) is 0 Å². The Hall–Kier alpha value is -0.620. The van der Waals surface area contributed by atoms with Crippen LogP contribution in [0.2, 0.25) is 0 Å². The van der Waals surface area contributed by atoms with Gasteiger partial charge in [-0.3, -0.25) is 0 Å². The van der Waals surface area contributed by atoms with Gasteiger partial charge < -0.3 is 5.32 Å². The average Bonchev–Trinajstić information content (AvgIpc) is 2.97. The number of hydrogen-bond acceptors (Lipinski definition) is 5. The van der Waals surface area contributed by atoms with Crippen LogP contribution < -0.4 is 5.32 Å². The summed E-state index contributed by atoms with van der Waals surface area (Å²) in [6.45, 7) is 2.24. The molecule has 1 aliphatic heterocycles. The minimum Gasteiger partial charge on any atom is -0.316 e. The van der Waals surface area contributed by atoms with Crippen LogP contribution >= 0.6 is 11.8 Å². The summed E-state index contributed by atoms with van der Waals surface area (Å²) in [7, 11) is 0. The highest BCUT2D eigenvalue weighted by molar-refractivity contribution is 7.99. The van der Waals surface area contributed by atoms with Gasteiger partial charge in [-0.05, 0) is 42.7 Å². The van der Waals surface area contributed by atoms with E-state index >= 15 is 0 Å². The largest absolute Gasteiger partial charge is 0.316 e. The lowest BCUT2D eigenvalue weighted by Crippen LogP contribution is -2.22. The maximum absolute atomic E-state index is 4.22. The van der Waals surface area contributed by atoms with Crippen LogP contribution in [0.15, 0.2) is 5.16 Å². The fraction of sp³-hybridized carbons (Fsp3) is 0.917. The molecule has 1 aromatic heterocycles. The van der Waals surface area contributed by atoms with Crippen molar-refractivity contribution in [2.45, 2.75) is 61.4 Å². The zero-order valence-electron chi connectivity index (χ0n) is 10.7. The molecule has 1 N–H and O–H groups in total. The van der Waals surface area contributed by atoms with E-state index in [4.69, 9.17) is 0 Å². The van der Waals surface area contributed by atoms with Crippen molar-refractivity contribution in [3.8, 4) is 0 Å². The van der Waals surface area contributed by atoms with Crippen molar-refractivity contribution in [1.82, 2.24) is 25.5 Å². The van der Waals surface area contributed by atoms with E-state index in [1.54, 1.807) is 0 Å². The van der Waals surface area contributed by atoms with Crippen LogP contribution in [-0.4, -0.2) is 38.5 Å². The predicted octanol–water partition coefficient (Wildman–Crippen LogP) is 2.02. The second-order valence-electron chi connectivity index (χ2n) is 5.28. The van der Waals surface area contributed by atoms with Gasteiger partial charge in [-0.2, -0.15) is 0 Å². The van der Waals surface area contributed by atoms with E-state index in [0.717, 1.165) is 18.2 Å². The van der Waals surface area contributed by atoms with E-state index < -0.39 is 0 Å². The summed E-state index contributed by atoms with van der Waals surface area (Å²) >= 11 is 1.86. The average molecular weight is 267 g/mol. The Balaban J connectivity index is 1.66. The molecule has 100 valence electrons. The summed E-state index contributed by atoms with van der Waals surface area (Å²) in [5.74, 6) is 0. The fourth-order valence-corrected chi connectivity index (χ4v) is 4.04. The lowest BCUT2D eigenvalue weighted by atomic mass is 10.2. The quantitative estimate of drug-likeness (QED) is 0.908. The molecule has 0 spiro atoms. The zero-order chi connectivity index (χ0) is 12.2. The Morgan fingerprint density at radius 1 is 1.11 bits per heavy atom. The summed E-state index contributed by atoms with van der Waals surface area (Å²) in [6.07, 6.45) is 9.00. The molecule has 0 radical (unpaired) electrons. The number of tetrazole rings is 1. The van der Waals surface area contributed by atoms with Crippen molar-refractivity contribution >= 4 is 11.8 Å². The highest BCUT2D eigenvalue weighted by Gasteiger charge is 2.23. The first-order valence-corrected chi connectivity index (χ1v) is 7.96. The molecule has 0 amide bonds. The van der Waals surface area contributed by atoms with Crippen LogP contribution in [0.25, 0.3) is 0 Å². The molecule has 1 aliphatic carbocycles. The molecular formula is C12H21N5S. The first-order valence-electron chi connectivity index (χ1n) is 7.09. The molecule has 1 saturated carbocycles. The Kier molecular flexibility index (Phi) is 4.15. The predicted molar refractivity (Wildman–Crippen MR) is 71.7 cm³/mol. The molecule has 1 atom stereocenters. The lowest BCUT2D eigenvalue weighted by molar-refractivity contribution is 0.422. The van der Waals surface area contributed by atoms with Gasteiger partial charge in [0.2, 0.25) is 5.16 Å². The Morgan fingerprint density at radius 3 is 2.83 bits per heavy atom. The normalized spacial score (nSPS) is 26.3. The van der Waals surface area contributed by atoms with Crippen molar-refractivity contribution in [2.75, 3.05) is 13.1 Å². The molecule has 18 heavy (non-hydrogen) atoms. The van der Waals surface area contributed by atoms with Gasteiger partial charge in [0.1, 0.15) is 0 Å². The molecule has 3 rings (SSSR count). The fourth-order valence-electron chi connectivity index (χ4n) is 2.88. The van der Waals surface area contributed by atoms with Gasteiger partial charge in [-0.1, -0.05) is 31.0 Å². The number of rotatable bonds is 3. The van der Waals surface area contributed by atoms with Crippen molar-refractivity contribution < 1.29 is 0 Å². The van der Waals surface area contributed by atoms with Crippen LogP contribution in [0.5, 0.6) is 0 Å². The monoisotopic (exact) mass is 267 g/mol. The molecule has 2 heterocycles. The van der Waals surface area contributed by atoms with Crippen molar-refractivity contribution in [2.24, 2.45) is 0 Å². The third-order valence-electron chi connectivity index (χ3n) is 3.91. The third-order valence-corrected chi connectivity index (χ3v) is 5.12. The third kappa shape index (κ3) is 2.85. The van der Waals surface area contributed by atoms with Gasteiger partial charge >= 0.3 is 0 Å². The van der Waals surface area contributed by atoms with Gasteiger partial charge in [0.05, 0.1) is 6.04 Å². The summed E-state index contributed by atoms with van der Waals surface area (Å²) in [6, 6.07) is 0.543. The van der Waals surface area contributed by atoms with Crippen LogP contribution in [0.1, 0.15) is 51.0 Å². The molecule has 0 aromatic carbocycles. The van der Waals surface area contributed by atoms with Gasteiger partial charge in [0.25, 0.3) is 0 Å². The number of hydrogen-bond donors (Lipinski definition) is 1. The minimum atomic E-state index is 0.543. The van der Waals surface area contributed by atoms with Crippen LogP contribution in [0.4, 0.5) is 0 Å². The summed E-state index contributed by atoms with van der Waals surface area (Å²) in [4.78, 5) is 0. The van der Waals surface area contributed by atoms with Crippen LogP contribution in [0.3, 0.4) is 0 Å². The molecule has 0 bridgehead atoms. The van der Waals surface area contributed by atoms with Crippen LogP contribution in [-0.2, 0) is 0 Å². The first kappa shape index (κ1) is 12.4. The highest BCUT2D eigenvalue weighted by atomic mass is 32.2. The minimum absolute atomic E-state index is 0.543. The van der Waals surface area contributed by atoms with Gasteiger partial charge in [-0.15, -0.1) is 5.10 Å². The molecule has 2 fully saturated rings. The summed E-state index contributed by atoms with van der Waals surface area (Å²) in [5, 5.41) is 17.4. The Labute approximate surface area is 112 Å². The second kappa shape index (κ2) is 6.02. The van der Waals surface area contributed by atoms with Crippen molar-refractivity contribution in [3.63, 3.8) is 0 Å². The zero-order valence-corrected chi connectivity index (χ0v) is 11.5. The Bertz CT molecular complexity index is 366. The van der Waals surface area contributed by atoms with Crippen molar-refractivity contribution in [3.05, 3.63) is 0 Å². The molecule has 1 aromatic rings. The molecule has 5 nitrogen and oxygen atoms in total. The highest BCUT2D eigenvalue weighted by Crippen LogP contribution is 2.33. The molecule has 2 aliphatic rings. The number of nitrogens with one attached hydrogen (secondary N) is 1. The number of nitrogens with zero attached hydrogens (tertiary/aromatic N) is 4. The second-order valence-corrected chi connectivity index (χ2v) is 6.55. The van der Waals surface area contributed by atoms with E-state index in [-0.39, 0.29) is 0 Å². The lowest BCUT2D eigenvalue weighted by Gasteiger charge is -2.15. The summed E-state index contributed by atoms with van der Waals surface area (Å²) in [5.41, 5.74) is 0. The first-order chi connectivity index (χ1) is 8.93. The molecule has 1 unspecified atom stereocenters. The number of aromatic nitrogens is 4. The SMILES string of the molecule is C1CCC(Sc2nnnn2C2CCCC2)CNC1. The van der Waals surface area contributed by atoms with Crippen molar-refractivity contribution in [1.29, 1.82) is 0 Å². The van der Waals surface area contributed by atoms with E-state index in [1.165, 1.54) is 44.9 Å². The van der Waals surface area contributed by atoms with E-state index in [0.29, 0.717) is 11.3 Å². The van der Waals surface area contributed by atoms with Gasteiger partial charge in [-0.25, -0.2) is 4.68 Å². The smallest absolute Gasteiger partial charge is 0.209 e. The molecular weight excluding hydrogens is 246 g/mol. The van der Waals surface area contributed by atoms with Crippen LogP contribution in [0, 0.1) is 0 Å². The Morgan fingerprint density at radius 2 is 1.94 bits per heavy atom. The summed E-state index contributed by atoms with van der Waals surface area (Å²) < 4.78 is 2.07. The van der Waals surface area contributed by atoms with E-state index in [1.807, 2.05) is 11.8 Å². The maximum atomic E-state index is 4.22. The standard InChI is InChI=1S/C12H21N5S/c1-2-6-10(5-1)17-12(14-15-16-17)18-11-7-3-4-8-13-9-11/h10-11,13H,1-9H2.